The minimum absolute atomic E-state index is 0.00757. The molecule has 20 heteroatoms. The number of halogens is 2. The molecule has 3 amide bonds. The van der Waals surface area contributed by atoms with E-state index in [-0.39, 0.29) is 53.5 Å². The first kappa shape index (κ1) is 40.3. The molecular formula is C43H53F2N13O5. The summed E-state index contributed by atoms with van der Waals surface area (Å²) in [4.78, 5) is 49.8. The topological polar surface area (TPSA) is 170 Å². The van der Waals surface area contributed by atoms with E-state index in [9.17, 15) is 23.2 Å². The molecule has 2 bridgehead atoms. The number of hydrogen-bond donors (Lipinski definition) is 3. The second-order valence-corrected chi connectivity index (χ2v) is 18.3. The molecule has 6 fully saturated rings. The average Bonchev–Trinajstić information content (AvgIpc) is 4.12. The monoisotopic (exact) mass is 869 g/mol. The number of carbonyl (C=O) groups is 3. The number of carbonyl (C=O) groups excluding carboxylic acids is 3. The first-order valence-corrected chi connectivity index (χ1v) is 22.4. The van der Waals surface area contributed by atoms with E-state index in [1.54, 1.807) is 17.1 Å². The van der Waals surface area contributed by atoms with E-state index in [0.29, 0.717) is 31.0 Å². The van der Waals surface area contributed by atoms with Crippen LogP contribution in [0.5, 0.6) is 0 Å². The van der Waals surface area contributed by atoms with Gasteiger partial charge in [-0.05, 0) is 75.5 Å². The van der Waals surface area contributed by atoms with Gasteiger partial charge in [-0.15, -0.1) is 5.53 Å². The van der Waals surface area contributed by atoms with E-state index in [2.05, 4.69) is 47.1 Å². The Kier molecular flexibility index (Phi) is 10.4. The molecule has 4 aromatic rings. The largest absolute Gasteiger partial charge is 0.374 e. The number of para-hydroxylation sites is 1. The summed E-state index contributed by atoms with van der Waals surface area (Å²) in [6.07, 6.45) is 9.76. The van der Waals surface area contributed by atoms with Crippen molar-refractivity contribution in [1.29, 1.82) is 0 Å². The van der Waals surface area contributed by atoms with Crippen molar-refractivity contribution in [3.8, 4) is 0 Å². The van der Waals surface area contributed by atoms with E-state index >= 15 is 0 Å². The number of imide groups is 1. The maximum Gasteiger partial charge on any atom is 0.284 e. The van der Waals surface area contributed by atoms with Gasteiger partial charge >= 0.3 is 0 Å². The summed E-state index contributed by atoms with van der Waals surface area (Å²) in [5.41, 5.74) is 6.46. The molecule has 1 saturated carbocycles. The number of alkyl halides is 2. The number of ether oxygens (including phenoxy) is 2. The van der Waals surface area contributed by atoms with Crippen LogP contribution in [0.4, 0.5) is 37.3 Å². The molecule has 1 unspecified atom stereocenters. The van der Waals surface area contributed by atoms with Gasteiger partial charge in [0, 0.05) is 65.1 Å². The van der Waals surface area contributed by atoms with Crippen molar-refractivity contribution < 1.29 is 32.6 Å². The smallest absolute Gasteiger partial charge is 0.284 e. The van der Waals surface area contributed by atoms with Crippen LogP contribution >= 0.6 is 0 Å². The van der Waals surface area contributed by atoms with Crippen LogP contribution in [0.1, 0.15) is 86.3 Å². The molecule has 334 valence electrons. The van der Waals surface area contributed by atoms with Gasteiger partial charge in [0.2, 0.25) is 5.91 Å². The summed E-state index contributed by atoms with van der Waals surface area (Å²) in [5.74, 6) is 0.184. The molecule has 5 saturated heterocycles. The van der Waals surface area contributed by atoms with Crippen LogP contribution in [0.2, 0.25) is 0 Å². The molecule has 1 aliphatic carbocycles. The highest BCUT2D eigenvalue weighted by atomic mass is 19.3. The van der Waals surface area contributed by atoms with Crippen molar-refractivity contribution in [2.45, 2.75) is 101 Å². The van der Waals surface area contributed by atoms with Gasteiger partial charge in [-0.1, -0.05) is 6.07 Å². The first-order chi connectivity index (χ1) is 30.6. The zero-order valence-electron chi connectivity index (χ0n) is 35.2. The van der Waals surface area contributed by atoms with Gasteiger partial charge in [-0.3, -0.25) is 34.4 Å². The van der Waals surface area contributed by atoms with Crippen LogP contribution in [-0.4, -0.2) is 130 Å². The van der Waals surface area contributed by atoms with Gasteiger partial charge in [0.1, 0.15) is 23.1 Å². The van der Waals surface area contributed by atoms with Crippen molar-refractivity contribution in [2.75, 3.05) is 78.1 Å². The van der Waals surface area contributed by atoms with Crippen LogP contribution in [0, 0.1) is 5.92 Å². The van der Waals surface area contributed by atoms with Gasteiger partial charge in [0.25, 0.3) is 18.2 Å². The Morgan fingerprint density at radius 2 is 1.81 bits per heavy atom. The molecule has 63 heavy (non-hydrogen) atoms. The highest BCUT2D eigenvalue weighted by molar-refractivity contribution is 6.08. The lowest BCUT2D eigenvalue weighted by molar-refractivity contribution is -0.134. The molecule has 18 nitrogen and oxygen atoms in total. The number of piperidine rings is 2. The summed E-state index contributed by atoms with van der Waals surface area (Å²) in [6, 6.07) is 7.75. The van der Waals surface area contributed by atoms with E-state index in [0.717, 1.165) is 107 Å². The molecule has 0 radical (unpaired) electrons. The molecule has 9 heterocycles. The number of aromatic nitrogens is 5. The standard InChI is InChI=1S/C43H53F2N13O5/c1-52-39-33(3-2-4-34(39)58(51-52)35-9-10-37(59)49-43(35)61)54-20-30(21-54)63-28-11-14-53(15-12-28)19-25-5-7-26(8-6-25)57-23-32(38(50-57)40(44)45)47-42(60)31-18-46-56-16-13-36(48-41(31)56)55-22-29-17-27(55)24-62-29/h2-4,13,16,18,23,25-30,35,40,51H,5-12,14-15,17,19-22,24H2,1H3,(H,47,60)(H,49,59,61)/t25-,26-,27-,29-,35?/m1/s1. The fraction of sp³-hybridized carbons (Fsp3) is 0.581. The normalized spacial score (nSPS) is 26.9. The predicted octanol–water partition coefficient (Wildman–Crippen LogP) is 3.68. The number of fused-ring (bicyclic) bond motifs is 4. The summed E-state index contributed by atoms with van der Waals surface area (Å²) < 4.78 is 44.1. The number of anilines is 5. The van der Waals surface area contributed by atoms with Crippen LogP contribution in [0.15, 0.2) is 42.9 Å². The molecule has 11 rings (SSSR count). The third-order valence-electron chi connectivity index (χ3n) is 14.2. The quantitative estimate of drug-likeness (QED) is 0.187. The maximum absolute atomic E-state index is 14.3. The van der Waals surface area contributed by atoms with Gasteiger partial charge in [0.15, 0.2) is 11.3 Å². The molecule has 7 aliphatic rings. The lowest BCUT2D eigenvalue weighted by Crippen LogP contribution is -2.57. The minimum Gasteiger partial charge on any atom is -0.374 e. The van der Waals surface area contributed by atoms with Crippen LogP contribution in [0.25, 0.3) is 5.65 Å². The number of nitrogens with zero attached hydrogens (tertiary/aromatic N) is 10. The predicted molar refractivity (Wildman–Crippen MR) is 228 cm³/mol. The van der Waals surface area contributed by atoms with E-state index in [4.69, 9.17) is 14.5 Å². The highest BCUT2D eigenvalue weighted by Crippen LogP contribution is 2.44. The molecule has 0 spiro atoms. The number of morpholine rings is 1. The fourth-order valence-corrected chi connectivity index (χ4v) is 10.8. The Bertz CT molecular complexity index is 2390. The Morgan fingerprint density at radius 1 is 1.00 bits per heavy atom. The van der Waals surface area contributed by atoms with Crippen LogP contribution in [-0.2, 0) is 19.1 Å². The Hall–Kier alpha value is -5.44. The van der Waals surface area contributed by atoms with Crippen molar-refractivity contribution in [3.05, 3.63) is 54.1 Å². The lowest BCUT2D eigenvalue weighted by atomic mass is 9.85. The second-order valence-electron chi connectivity index (χ2n) is 18.3. The minimum atomic E-state index is -2.85. The molecule has 1 aromatic carbocycles. The maximum atomic E-state index is 14.3. The Balaban J connectivity index is 0.642. The zero-order valence-corrected chi connectivity index (χ0v) is 35.2. The van der Waals surface area contributed by atoms with E-state index in [1.165, 1.54) is 10.7 Å². The van der Waals surface area contributed by atoms with Crippen molar-refractivity contribution in [2.24, 2.45) is 5.92 Å². The Labute approximate surface area is 362 Å². The molecule has 6 aliphatic heterocycles. The van der Waals surface area contributed by atoms with Crippen LogP contribution in [0.3, 0.4) is 0 Å². The number of hydrazine groups is 2. The zero-order chi connectivity index (χ0) is 42.9. The highest BCUT2D eigenvalue weighted by Gasteiger charge is 2.42. The first-order valence-electron chi connectivity index (χ1n) is 22.4. The fourth-order valence-electron chi connectivity index (χ4n) is 10.8. The van der Waals surface area contributed by atoms with Gasteiger partial charge in [-0.2, -0.15) is 10.2 Å². The van der Waals surface area contributed by atoms with Crippen LogP contribution < -0.4 is 36.0 Å². The van der Waals surface area contributed by atoms with Gasteiger partial charge in [-0.25, -0.2) is 18.3 Å². The number of benzene rings is 1. The summed E-state index contributed by atoms with van der Waals surface area (Å²) in [6.45, 7) is 5.97. The third kappa shape index (κ3) is 7.63. The van der Waals surface area contributed by atoms with Gasteiger partial charge in [0.05, 0.1) is 60.3 Å². The summed E-state index contributed by atoms with van der Waals surface area (Å²) in [5, 5.41) is 17.6. The number of rotatable bonds is 11. The van der Waals surface area contributed by atoms with Crippen molar-refractivity contribution in [3.63, 3.8) is 0 Å². The number of nitrogens with one attached hydrogen (secondary N) is 3. The number of hydrogen-bond acceptors (Lipinski definition) is 14. The summed E-state index contributed by atoms with van der Waals surface area (Å²) >= 11 is 0. The molecular weight excluding hydrogens is 817 g/mol. The van der Waals surface area contributed by atoms with E-state index < -0.39 is 24.1 Å². The average molecular weight is 870 g/mol. The molecule has 3 N–H and O–H groups in total. The number of likely N-dealkylation sites (tertiary alicyclic amines) is 1. The Morgan fingerprint density at radius 3 is 2.56 bits per heavy atom. The second kappa shape index (κ2) is 16.3. The van der Waals surface area contributed by atoms with Gasteiger partial charge < -0.3 is 29.5 Å². The number of amides is 3. The lowest BCUT2D eigenvalue weighted by Gasteiger charge is -2.44. The molecule has 3 aromatic heterocycles. The molecule has 3 atom stereocenters. The van der Waals surface area contributed by atoms with E-state index in [1.807, 2.05) is 35.3 Å². The van der Waals surface area contributed by atoms with Crippen molar-refractivity contribution >= 4 is 51.9 Å². The third-order valence-corrected chi connectivity index (χ3v) is 14.2. The SMILES string of the molecule is CN1NN(C2CCC(=O)NC2=O)c2cccc(N3CC(OC4CCN(C[C@H]5CC[C@H](n6cc(NC(=O)c7cnn8ccc(N9C[C@H]%10C[C@@H]9CO%10)nc78)c(C(F)F)n6)CC5)CC4)C3)c21. The summed E-state index contributed by atoms with van der Waals surface area (Å²) in [7, 11) is 1.94. The van der Waals surface area contributed by atoms with Crippen molar-refractivity contribution in [1.82, 2.24) is 40.1 Å².